The summed E-state index contributed by atoms with van der Waals surface area (Å²) < 4.78 is 5.17. The standard InChI is InChI=1S/C16H22N2O/c1-16(2)6-8-18(9-7-16)12-13-4-5-15(19-3)14(10-13)11-17/h4-5,10H,6-9,12H2,1-3H3. The molecule has 1 aliphatic rings. The summed E-state index contributed by atoms with van der Waals surface area (Å²) in [6.45, 7) is 7.88. The highest BCUT2D eigenvalue weighted by Gasteiger charge is 2.25. The van der Waals surface area contributed by atoms with Crippen LogP contribution >= 0.6 is 0 Å². The molecule has 3 nitrogen and oxygen atoms in total. The smallest absolute Gasteiger partial charge is 0.136 e. The van der Waals surface area contributed by atoms with Crippen molar-refractivity contribution in [3.63, 3.8) is 0 Å². The highest BCUT2D eigenvalue weighted by Crippen LogP contribution is 2.30. The van der Waals surface area contributed by atoms with Crippen molar-refractivity contribution in [1.82, 2.24) is 4.90 Å². The van der Waals surface area contributed by atoms with Crippen LogP contribution in [0.25, 0.3) is 0 Å². The van der Waals surface area contributed by atoms with Crippen molar-refractivity contribution >= 4 is 0 Å². The fourth-order valence-electron chi connectivity index (χ4n) is 2.52. The Labute approximate surface area is 115 Å². The molecule has 0 atom stereocenters. The summed E-state index contributed by atoms with van der Waals surface area (Å²) in [7, 11) is 1.60. The molecule has 0 radical (unpaired) electrons. The summed E-state index contributed by atoms with van der Waals surface area (Å²) >= 11 is 0. The van der Waals surface area contributed by atoms with E-state index in [2.05, 4.69) is 30.9 Å². The maximum Gasteiger partial charge on any atom is 0.136 e. The molecule has 1 fully saturated rings. The number of piperidine rings is 1. The van der Waals surface area contributed by atoms with Gasteiger partial charge in [-0.05, 0) is 49.0 Å². The molecule has 1 saturated heterocycles. The Kier molecular flexibility index (Phi) is 4.11. The summed E-state index contributed by atoms with van der Waals surface area (Å²) in [4.78, 5) is 2.47. The van der Waals surface area contributed by atoms with Crippen LogP contribution in [0.4, 0.5) is 0 Å². The molecule has 1 aliphatic heterocycles. The zero-order valence-corrected chi connectivity index (χ0v) is 12.1. The van der Waals surface area contributed by atoms with Crippen molar-refractivity contribution in [2.75, 3.05) is 20.2 Å². The van der Waals surface area contributed by atoms with Gasteiger partial charge in [0, 0.05) is 6.54 Å². The Hall–Kier alpha value is -1.53. The van der Waals surface area contributed by atoms with Crippen molar-refractivity contribution in [2.45, 2.75) is 33.2 Å². The number of hydrogen-bond donors (Lipinski definition) is 0. The van der Waals surface area contributed by atoms with Crippen LogP contribution in [-0.2, 0) is 6.54 Å². The first-order valence-corrected chi connectivity index (χ1v) is 6.83. The fourth-order valence-corrected chi connectivity index (χ4v) is 2.52. The molecule has 0 aromatic heterocycles. The molecule has 19 heavy (non-hydrogen) atoms. The third-order valence-electron chi connectivity index (χ3n) is 4.00. The minimum atomic E-state index is 0.480. The Bertz CT molecular complexity index is 478. The van der Waals surface area contributed by atoms with Gasteiger partial charge in [-0.3, -0.25) is 4.90 Å². The highest BCUT2D eigenvalue weighted by molar-refractivity contribution is 5.45. The molecule has 2 rings (SSSR count). The molecular weight excluding hydrogens is 236 g/mol. The number of nitriles is 1. The number of benzene rings is 1. The van der Waals surface area contributed by atoms with Gasteiger partial charge in [0.1, 0.15) is 11.8 Å². The Balaban J connectivity index is 2.03. The predicted octanol–water partition coefficient (Wildman–Crippen LogP) is 3.19. The second kappa shape index (κ2) is 5.63. The van der Waals surface area contributed by atoms with Gasteiger partial charge < -0.3 is 4.74 Å². The van der Waals surface area contributed by atoms with Gasteiger partial charge in [0.25, 0.3) is 0 Å². The van der Waals surface area contributed by atoms with E-state index in [1.54, 1.807) is 7.11 Å². The quantitative estimate of drug-likeness (QED) is 0.835. The van der Waals surface area contributed by atoms with E-state index in [9.17, 15) is 0 Å². The van der Waals surface area contributed by atoms with Crippen molar-refractivity contribution in [3.05, 3.63) is 29.3 Å². The van der Waals surface area contributed by atoms with E-state index in [4.69, 9.17) is 10.00 Å². The van der Waals surface area contributed by atoms with Crippen LogP contribution in [0.2, 0.25) is 0 Å². The molecule has 3 heteroatoms. The third kappa shape index (κ3) is 3.48. The van der Waals surface area contributed by atoms with E-state index in [1.165, 1.54) is 18.4 Å². The van der Waals surface area contributed by atoms with E-state index in [1.807, 2.05) is 12.1 Å². The summed E-state index contributed by atoms with van der Waals surface area (Å²) in [5.41, 5.74) is 2.29. The SMILES string of the molecule is COc1ccc(CN2CCC(C)(C)CC2)cc1C#N. The lowest BCUT2D eigenvalue weighted by Gasteiger charge is -2.36. The van der Waals surface area contributed by atoms with Gasteiger partial charge in [-0.1, -0.05) is 19.9 Å². The number of hydrogen-bond acceptors (Lipinski definition) is 3. The highest BCUT2D eigenvalue weighted by atomic mass is 16.5. The minimum Gasteiger partial charge on any atom is -0.495 e. The second-order valence-electron chi connectivity index (χ2n) is 6.09. The zero-order valence-electron chi connectivity index (χ0n) is 12.1. The van der Waals surface area contributed by atoms with E-state index in [-0.39, 0.29) is 0 Å². The normalized spacial score (nSPS) is 18.8. The summed E-state index contributed by atoms with van der Waals surface area (Å²) in [6, 6.07) is 8.08. The van der Waals surface area contributed by atoms with Gasteiger partial charge in [-0.2, -0.15) is 5.26 Å². The Morgan fingerprint density at radius 1 is 1.32 bits per heavy atom. The molecule has 1 aromatic carbocycles. The van der Waals surface area contributed by atoms with Crippen molar-refractivity contribution in [1.29, 1.82) is 5.26 Å². The van der Waals surface area contributed by atoms with Crippen LogP contribution in [0.15, 0.2) is 18.2 Å². The van der Waals surface area contributed by atoms with Crippen LogP contribution in [0.5, 0.6) is 5.75 Å². The summed E-state index contributed by atoms with van der Waals surface area (Å²) in [5, 5.41) is 9.10. The van der Waals surface area contributed by atoms with Crippen molar-refractivity contribution in [2.24, 2.45) is 5.41 Å². The van der Waals surface area contributed by atoms with Gasteiger partial charge in [-0.15, -0.1) is 0 Å². The Morgan fingerprint density at radius 2 is 2.00 bits per heavy atom. The molecule has 0 unspecified atom stereocenters. The van der Waals surface area contributed by atoms with Gasteiger partial charge in [0.05, 0.1) is 12.7 Å². The van der Waals surface area contributed by atoms with E-state index in [0.717, 1.165) is 19.6 Å². The largest absolute Gasteiger partial charge is 0.495 e. The molecule has 0 spiro atoms. The maximum absolute atomic E-state index is 9.10. The maximum atomic E-state index is 9.10. The Morgan fingerprint density at radius 3 is 2.58 bits per heavy atom. The fraction of sp³-hybridized carbons (Fsp3) is 0.562. The van der Waals surface area contributed by atoms with E-state index >= 15 is 0 Å². The number of nitrogens with zero attached hydrogens (tertiary/aromatic N) is 2. The van der Waals surface area contributed by atoms with E-state index < -0.39 is 0 Å². The number of rotatable bonds is 3. The average Bonchev–Trinajstić information content (AvgIpc) is 2.41. The van der Waals surface area contributed by atoms with Gasteiger partial charge in [0.15, 0.2) is 0 Å². The first-order valence-electron chi connectivity index (χ1n) is 6.83. The predicted molar refractivity (Wildman–Crippen MR) is 76.0 cm³/mol. The van der Waals surface area contributed by atoms with E-state index in [0.29, 0.717) is 16.7 Å². The molecular formula is C16H22N2O. The molecule has 1 aromatic rings. The zero-order chi connectivity index (χ0) is 13.9. The van der Waals surface area contributed by atoms with Gasteiger partial charge in [0.2, 0.25) is 0 Å². The lowest BCUT2D eigenvalue weighted by molar-refractivity contribution is 0.127. The lowest BCUT2D eigenvalue weighted by Crippen LogP contribution is -2.36. The molecule has 1 heterocycles. The summed E-state index contributed by atoms with van der Waals surface area (Å²) in [6.07, 6.45) is 2.49. The molecule has 0 aliphatic carbocycles. The molecule has 0 saturated carbocycles. The van der Waals surface area contributed by atoms with Crippen LogP contribution in [0.3, 0.4) is 0 Å². The number of likely N-dealkylation sites (tertiary alicyclic amines) is 1. The molecule has 102 valence electrons. The lowest BCUT2D eigenvalue weighted by atomic mass is 9.82. The first-order chi connectivity index (χ1) is 9.04. The van der Waals surface area contributed by atoms with Crippen LogP contribution in [-0.4, -0.2) is 25.1 Å². The molecule has 0 amide bonds. The molecule has 0 bridgehead atoms. The van der Waals surface area contributed by atoms with Gasteiger partial charge >= 0.3 is 0 Å². The van der Waals surface area contributed by atoms with Crippen LogP contribution in [0.1, 0.15) is 37.8 Å². The minimum absolute atomic E-state index is 0.480. The first kappa shape index (κ1) is 13.9. The average molecular weight is 258 g/mol. The van der Waals surface area contributed by atoms with Crippen LogP contribution in [0, 0.1) is 16.7 Å². The second-order valence-corrected chi connectivity index (χ2v) is 6.09. The monoisotopic (exact) mass is 258 g/mol. The van der Waals surface area contributed by atoms with Gasteiger partial charge in [-0.25, -0.2) is 0 Å². The number of ether oxygens (including phenoxy) is 1. The van der Waals surface area contributed by atoms with Crippen LogP contribution < -0.4 is 4.74 Å². The summed E-state index contributed by atoms with van der Waals surface area (Å²) in [5.74, 6) is 0.658. The third-order valence-corrected chi connectivity index (χ3v) is 4.00. The molecule has 0 N–H and O–H groups in total. The number of methoxy groups -OCH3 is 1. The van der Waals surface area contributed by atoms with Crippen molar-refractivity contribution in [3.8, 4) is 11.8 Å². The van der Waals surface area contributed by atoms with Crippen molar-refractivity contribution < 1.29 is 4.74 Å². The topological polar surface area (TPSA) is 36.3 Å².